The van der Waals surface area contributed by atoms with Crippen molar-refractivity contribution in [1.29, 1.82) is 0 Å². The Hall–Kier alpha value is 0.335. The fourth-order valence-corrected chi connectivity index (χ4v) is 0. The van der Waals surface area contributed by atoms with Gasteiger partial charge < -0.3 is 20.6 Å². The molecule has 0 saturated heterocycles. The second-order valence-electron chi connectivity index (χ2n) is 0.462. The Morgan fingerprint density at radius 2 is 1.67 bits per heavy atom. The topological polar surface area (TPSA) is 84.7 Å². The van der Waals surface area contributed by atoms with E-state index in [2.05, 4.69) is 4.44 Å². The maximum Gasteiger partial charge on any atom is 0.636 e. The van der Waals surface area contributed by atoms with Gasteiger partial charge in [-0.15, -0.1) is 0 Å². The van der Waals surface area contributed by atoms with Crippen molar-refractivity contribution in [2.24, 2.45) is 0 Å². The maximum atomic E-state index is 7.67. The molecule has 6 heavy (non-hydrogen) atoms. The van der Waals surface area contributed by atoms with E-state index >= 15 is 0 Å². The highest BCUT2D eigenvalue weighted by atomic mass is 31.0. The summed E-state index contributed by atoms with van der Waals surface area (Å²) < 4.78 is 3.78. The van der Waals surface area contributed by atoms with Crippen molar-refractivity contribution in [3.63, 3.8) is 0 Å². The van der Waals surface area contributed by atoms with Crippen molar-refractivity contribution < 1.29 is 14.5 Å². The zero-order valence-electron chi connectivity index (χ0n) is 3.16. The summed E-state index contributed by atoms with van der Waals surface area (Å²) in [7, 11) is 0.0417. The van der Waals surface area contributed by atoms with Gasteiger partial charge in [0.1, 0.15) is 0 Å². The summed E-state index contributed by atoms with van der Waals surface area (Å²) in [6.07, 6.45) is 0. The second kappa shape index (κ2) is 5.33. The van der Waals surface area contributed by atoms with E-state index in [4.69, 9.17) is 10.0 Å². The van der Waals surface area contributed by atoms with Crippen LogP contribution in [0.2, 0.25) is 0 Å². The van der Waals surface area contributed by atoms with Crippen LogP contribution in [0.3, 0.4) is 0 Å². The molecule has 0 rings (SSSR count). The van der Waals surface area contributed by atoms with Gasteiger partial charge in [-0.1, -0.05) is 0 Å². The smallest absolute Gasteiger partial charge is 0.402 e. The summed E-state index contributed by atoms with van der Waals surface area (Å²) >= 11 is 0. The molecule has 0 aromatic rings. The lowest BCUT2D eigenvalue weighted by Crippen LogP contribution is -2.09. The van der Waals surface area contributed by atoms with Crippen LogP contribution in [0.1, 0.15) is 0 Å². The molecule has 0 aliphatic heterocycles. The zero-order chi connectivity index (χ0) is 4.28. The van der Waals surface area contributed by atoms with Crippen LogP contribution in [-0.2, 0) is 4.44 Å². The van der Waals surface area contributed by atoms with Gasteiger partial charge in [0.15, 0.2) is 0 Å². The van der Waals surface area contributed by atoms with E-state index in [0.717, 1.165) is 0 Å². The highest BCUT2D eigenvalue weighted by Gasteiger charge is 2.00. The molecule has 0 aliphatic rings. The van der Waals surface area contributed by atoms with Gasteiger partial charge in [-0.05, 0) is 9.47 Å². The molecule has 5 N–H and O–H groups in total. The Morgan fingerprint density at radius 1 is 1.50 bits per heavy atom. The fraction of sp³-hybridized carbons (Fsp3) is 0. The quantitative estimate of drug-likeness (QED) is 0.297. The third-order valence-corrected chi connectivity index (χ3v) is 0.365. The van der Waals surface area contributed by atoms with Crippen molar-refractivity contribution in [2.45, 2.75) is 0 Å². The summed E-state index contributed by atoms with van der Waals surface area (Å²) in [6.45, 7) is 0. The van der Waals surface area contributed by atoms with Gasteiger partial charge in [0, 0.05) is 0 Å². The van der Waals surface area contributed by atoms with Crippen LogP contribution < -0.4 is 6.15 Å². The average Bonchev–Trinajstić information content (AvgIpc) is 1.38. The summed E-state index contributed by atoms with van der Waals surface area (Å²) in [6, 6.07) is 0. The highest BCUT2D eigenvalue weighted by Crippen LogP contribution is 1.81. The molecule has 4 nitrogen and oxygen atoms in total. The molecule has 0 bridgehead atoms. The van der Waals surface area contributed by atoms with Crippen molar-refractivity contribution in [2.75, 3.05) is 0 Å². The van der Waals surface area contributed by atoms with Crippen LogP contribution in [-0.4, -0.2) is 17.4 Å². The van der Waals surface area contributed by atoms with Crippen LogP contribution in [0.15, 0.2) is 0 Å². The van der Waals surface area contributed by atoms with Gasteiger partial charge in [-0.2, -0.15) is 0 Å². The third-order valence-electron chi connectivity index (χ3n) is 0.122. The minimum atomic E-state index is -1.65. The Labute approximate surface area is 38.6 Å². The van der Waals surface area contributed by atoms with Crippen LogP contribution in [0, 0.1) is 0 Å². The highest BCUT2D eigenvalue weighted by molar-refractivity contribution is 7.12. The van der Waals surface area contributed by atoms with Crippen LogP contribution in [0.25, 0.3) is 0 Å². The molecule has 0 aromatic carbocycles. The molecule has 1 atom stereocenters. The molecule has 1 unspecified atom stereocenters. The SMILES string of the molecule is N.OB(O)OP. The molecule has 38 valence electrons. The molecule has 0 aliphatic carbocycles. The lowest BCUT2D eigenvalue weighted by molar-refractivity contribution is 0.307. The molecule has 0 aromatic heterocycles. The van der Waals surface area contributed by atoms with Gasteiger partial charge in [0.25, 0.3) is 0 Å². The van der Waals surface area contributed by atoms with E-state index in [1.807, 2.05) is 0 Å². The van der Waals surface area contributed by atoms with Crippen LogP contribution in [0.4, 0.5) is 0 Å². The first-order chi connectivity index (χ1) is 2.27. The number of hydrogen-bond acceptors (Lipinski definition) is 4. The van der Waals surface area contributed by atoms with E-state index in [1.54, 1.807) is 9.47 Å². The second-order valence-corrected chi connectivity index (χ2v) is 0.735. The third kappa shape index (κ3) is 8.84. The van der Waals surface area contributed by atoms with Gasteiger partial charge in [0.2, 0.25) is 0 Å². The average molecular weight is 111 g/mol. The molecule has 6 heteroatoms. The Kier molecular flexibility index (Phi) is 8.53. The molecule has 0 radical (unpaired) electrons. The summed E-state index contributed by atoms with van der Waals surface area (Å²) in [5.41, 5.74) is 0. The summed E-state index contributed by atoms with van der Waals surface area (Å²) in [5.74, 6) is 0. The van der Waals surface area contributed by atoms with Crippen molar-refractivity contribution in [3.05, 3.63) is 0 Å². The normalized spacial score (nSPS) is 6.50. The van der Waals surface area contributed by atoms with Gasteiger partial charge in [0.05, 0.1) is 0 Å². The van der Waals surface area contributed by atoms with E-state index < -0.39 is 7.32 Å². The minimum absolute atomic E-state index is 0. The van der Waals surface area contributed by atoms with Gasteiger partial charge in [-0.3, -0.25) is 0 Å². The monoisotopic (exact) mass is 111 g/mol. The van der Waals surface area contributed by atoms with Crippen molar-refractivity contribution in [3.8, 4) is 0 Å². The fourth-order valence-electron chi connectivity index (χ4n) is 0. The number of hydrogen-bond donors (Lipinski definition) is 3. The van der Waals surface area contributed by atoms with Crippen LogP contribution >= 0.6 is 9.47 Å². The first kappa shape index (κ1) is 9.59. The Bertz CT molecular complexity index is 24.8. The molecular formula is H7BNO3P. The molecule has 0 amide bonds. The molecule has 0 spiro atoms. The van der Waals surface area contributed by atoms with Gasteiger partial charge in [-0.25, -0.2) is 0 Å². The minimum Gasteiger partial charge on any atom is -0.402 e. The first-order valence-corrected chi connectivity index (χ1v) is 1.46. The molecule has 0 heterocycles. The largest absolute Gasteiger partial charge is 0.636 e. The van der Waals surface area contributed by atoms with E-state index in [1.165, 1.54) is 0 Å². The van der Waals surface area contributed by atoms with E-state index in [9.17, 15) is 0 Å². The molecule has 0 fully saturated rings. The molecule has 0 saturated carbocycles. The zero-order valence-corrected chi connectivity index (χ0v) is 4.32. The lowest BCUT2D eigenvalue weighted by atomic mass is 10.3. The predicted molar refractivity (Wildman–Crippen MR) is 26.0 cm³/mol. The van der Waals surface area contributed by atoms with Crippen molar-refractivity contribution in [1.82, 2.24) is 6.15 Å². The first-order valence-electron chi connectivity index (χ1n) is 0.988. The van der Waals surface area contributed by atoms with E-state index in [0.29, 0.717) is 0 Å². The Balaban J connectivity index is 0. The predicted octanol–water partition coefficient (Wildman–Crippen LogP) is -1.08. The van der Waals surface area contributed by atoms with E-state index in [-0.39, 0.29) is 6.15 Å². The standard InChI is InChI=1S/BH4O3P.H3N/c2-1(3)4-5;/h2-3H,5H2;1H3. The molecular weight excluding hydrogens is 104 g/mol. The number of rotatable bonds is 1. The van der Waals surface area contributed by atoms with Gasteiger partial charge >= 0.3 is 7.32 Å². The Morgan fingerprint density at radius 3 is 1.67 bits per heavy atom. The van der Waals surface area contributed by atoms with Crippen LogP contribution in [0.5, 0.6) is 0 Å². The summed E-state index contributed by atoms with van der Waals surface area (Å²) in [5, 5.41) is 15.3. The lowest BCUT2D eigenvalue weighted by Gasteiger charge is -1.84. The maximum absolute atomic E-state index is 7.67. The van der Waals surface area contributed by atoms with Crippen molar-refractivity contribution >= 4 is 16.8 Å². The summed E-state index contributed by atoms with van der Waals surface area (Å²) in [4.78, 5) is 0.